The summed E-state index contributed by atoms with van der Waals surface area (Å²) in [5.74, 6) is -0.410. The molecule has 104 valence electrons. The molecule has 1 heterocycles. The van der Waals surface area contributed by atoms with E-state index in [1.54, 1.807) is 25.3 Å². The number of esters is 1. The van der Waals surface area contributed by atoms with Gasteiger partial charge in [0.1, 0.15) is 5.03 Å². The fourth-order valence-corrected chi connectivity index (χ4v) is 2.86. The summed E-state index contributed by atoms with van der Waals surface area (Å²) in [5, 5.41) is 0.826. The average molecular weight is 353 g/mol. The zero-order valence-corrected chi connectivity index (χ0v) is 13.2. The Balaban J connectivity index is 2.28. The molecule has 1 aromatic carbocycles. The molecule has 2 N–H and O–H groups in total. The molecule has 0 bridgehead atoms. The Hall–Kier alpha value is -1.53. The number of ether oxygens (including phenoxy) is 1. The number of carbonyl (C=O) groups is 1. The second kappa shape index (κ2) is 6.76. The van der Waals surface area contributed by atoms with Gasteiger partial charge in [-0.3, -0.25) is 0 Å². The number of hydrogen-bond acceptors (Lipinski definition) is 5. The first-order valence-corrected chi connectivity index (χ1v) is 7.57. The lowest BCUT2D eigenvalue weighted by atomic mass is 10.2. The first-order valence-electron chi connectivity index (χ1n) is 5.97. The predicted octanol–water partition coefficient (Wildman–Crippen LogP) is 3.75. The second-order valence-corrected chi connectivity index (χ2v) is 5.78. The molecule has 2 rings (SSSR count). The SMILES string of the molecule is CCOC(=O)c1cc(Sc2ncccc2Br)ccc1N. The highest BCUT2D eigenvalue weighted by Crippen LogP contribution is 2.33. The van der Waals surface area contributed by atoms with E-state index in [4.69, 9.17) is 10.5 Å². The maximum atomic E-state index is 11.8. The molecule has 2 aromatic rings. The van der Waals surface area contributed by atoms with Crippen LogP contribution in [0.5, 0.6) is 0 Å². The molecule has 20 heavy (non-hydrogen) atoms. The van der Waals surface area contributed by atoms with Gasteiger partial charge in [-0.1, -0.05) is 11.8 Å². The molecule has 1 aromatic heterocycles. The molecule has 0 amide bonds. The van der Waals surface area contributed by atoms with E-state index in [2.05, 4.69) is 20.9 Å². The first-order chi connectivity index (χ1) is 9.61. The molecular formula is C14H13BrN2O2S. The minimum Gasteiger partial charge on any atom is -0.462 e. The summed E-state index contributed by atoms with van der Waals surface area (Å²) in [6, 6.07) is 9.04. The molecule has 0 saturated carbocycles. The fourth-order valence-electron chi connectivity index (χ4n) is 1.54. The van der Waals surface area contributed by atoms with E-state index < -0.39 is 5.97 Å². The summed E-state index contributed by atoms with van der Waals surface area (Å²) in [6.07, 6.45) is 1.72. The van der Waals surface area contributed by atoms with Crippen LogP contribution in [0.4, 0.5) is 5.69 Å². The van der Waals surface area contributed by atoms with Crippen molar-refractivity contribution in [2.75, 3.05) is 12.3 Å². The Kier molecular flexibility index (Phi) is 5.03. The zero-order valence-electron chi connectivity index (χ0n) is 10.8. The van der Waals surface area contributed by atoms with Gasteiger partial charge in [-0.2, -0.15) is 0 Å². The van der Waals surface area contributed by atoms with Crippen molar-refractivity contribution in [2.45, 2.75) is 16.8 Å². The van der Waals surface area contributed by atoms with E-state index in [1.807, 2.05) is 18.2 Å². The number of pyridine rings is 1. The lowest BCUT2D eigenvalue weighted by Gasteiger charge is -2.08. The Bertz CT molecular complexity index is 634. The van der Waals surface area contributed by atoms with Gasteiger partial charge in [0.05, 0.1) is 16.6 Å². The summed E-state index contributed by atoms with van der Waals surface area (Å²) >= 11 is 4.89. The van der Waals surface area contributed by atoms with E-state index in [-0.39, 0.29) is 0 Å². The number of nitrogens with two attached hydrogens (primary N) is 1. The summed E-state index contributed by atoms with van der Waals surface area (Å²) in [7, 11) is 0. The van der Waals surface area contributed by atoms with E-state index in [1.165, 1.54) is 11.8 Å². The van der Waals surface area contributed by atoms with Crippen LogP contribution in [-0.4, -0.2) is 17.6 Å². The monoisotopic (exact) mass is 352 g/mol. The molecule has 0 unspecified atom stereocenters. The van der Waals surface area contributed by atoms with Crippen LogP contribution in [0.15, 0.2) is 50.9 Å². The summed E-state index contributed by atoms with van der Waals surface area (Å²) in [5.41, 5.74) is 6.60. The number of aromatic nitrogens is 1. The van der Waals surface area contributed by atoms with Gasteiger partial charge in [0, 0.05) is 16.8 Å². The van der Waals surface area contributed by atoms with Crippen LogP contribution in [0.2, 0.25) is 0 Å². The van der Waals surface area contributed by atoms with Crippen LogP contribution in [0, 0.1) is 0 Å². The highest BCUT2D eigenvalue weighted by Gasteiger charge is 2.13. The first kappa shape index (κ1) is 14.9. The molecule has 0 aliphatic rings. The highest BCUT2D eigenvalue weighted by molar-refractivity contribution is 9.10. The van der Waals surface area contributed by atoms with Crippen molar-refractivity contribution in [3.05, 3.63) is 46.6 Å². The normalized spacial score (nSPS) is 10.3. The number of nitrogen functional groups attached to an aromatic ring is 1. The number of hydrogen-bond donors (Lipinski definition) is 1. The van der Waals surface area contributed by atoms with Crippen LogP contribution in [0.25, 0.3) is 0 Å². The molecule has 0 radical (unpaired) electrons. The molecule has 0 aliphatic heterocycles. The third kappa shape index (κ3) is 3.52. The molecule has 6 heteroatoms. The maximum Gasteiger partial charge on any atom is 0.340 e. The largest absolute Gasteiger partial charge is 0.462 e. The Morgan fingerprint density at radius 1 is 1.45 bits per heavy atom. The molecule has 0 aliphatic carbocycles. The topological polar surface area (TPSA) is 65.2 Å². The Morgan fingerprint density at radius 2 is 2.25 bits per heavy atom. The van der Waals surface area contributed by atoms with Crippen molar-refractivity contribution in [2.24, 2.45) is 0 Å². The minimum atomic E-state index is -0.410. The van der Waals surface area contributed by atoms with Crippen LogP contribution in [0.1, 0.15) is 17.3 Å². The molecule has 0 saturated heterocycles. The average Bonchev–Trinajstić information content (AvgIpc) is 2.43. The molecule has 0 spiro atoms. The fraction of sp³-hybridized carbons (Fsp3) is 0.143. The van der Waals surface area contributed by atoms with Gasteiger partial charge in [0.25, 0.3) is 0 Å². The standard InChI is InChI=1S/C14H13BrN2O2S/c1-2-19-14(18)10-8-9(5-6-12(10)16)20-13-11(15)4-3-7-17-13/h3-8H,2,16H2,1H3. The smallest absolute Gasteiger partial charge is 0.340 e. The van der Waals surface area contributed by atoms with Crippen molar-refractivity contribution in [3.8, 4) is 0 Å². The molecular weight excluding hydrogens is 340 g/mol. The quantitative estimate of drug-likeness (QED) is 0.670. The summed E-state index contributed by atoms with van der Waals surface area (Å²) in [4.78, 5) is 17.0. The van der Waals surface area contributed by atoms with Crippen molar-refractivity contribution < 1.29 is 9.53 Å². The molecule has 4 nitrogen and oxygen atoms in total. The van der Waals surface area contributed by atoms with Gasteiger partial charge in [-0.15, -0.1) is 0 Å². The third-order valence-corrected chi connectivity index (χ3v) is 4.37. The summed E-state index contributed by atoms with van der Waals surface area (Å²) < 4.78 is 5.89. The van der Waals surface area contributed by atoms with Crippen molar-refractivity contribution in [1.29, 1.82) is 0 Å². The van der Waals surface area contributed by atoms with Crippen LogP contribution < -0.4 is 5.73 Å². The summed E-state index contributed by atoms with van der Waals surface area (Å²) in [6.45, 7) is 2.08. The van der Waals surface area contributed by atoms with Gasteiger partial charge in [0.2, 0.25) is 0 Å². The Labute approximate surface area is 129 Å². The number of benzene rings is 1. The van der Waals surface area contributed by atoms with Crippen LogP contribution in [0.3, 0.4) is 0 Å². The molecule has 0 atom stereocenters. The van der Waals surface area contributed by atoms with Crippen molar-refractivity contribution in [1.82, 2.24) is 4.98 Å². The van der Waals surface area contributed by atoms with Crippen molar-refractivity contribution >= 4 is 39.3 Å². The zero-order chi connectivity index (χ0) is 14.5. The lowest BCUT2D eigenvalue weighted by molar-refractivity contribution is 0.0527. The van der Waals surface area contributed by atoms with Gasteiger partial charge >= 0.3 is 5.97 Å². The lowest BCUT2D eigenvalue weighted by Crippen LogP contribution is -2.08. The minimum absolute atomic E-state index is 0.321. The third-order valence-electron chi connectivity index (χ3n) is 2.46. The predicted molar refractivity (Wildman–Crippen MR) is 82.9 cm³/mol. The van der Waals surface area contributed by atoms with Gasteiger partial charge in [-0.25, -0.2) is 9.78 Å². The van der Waals surface area contributed by atoms with Gasteiger partial charge in [-0.05, 0) is 53.2 Å². The number of carbonyl (C=O) groups excluding carboxylic acids is 1. The van der Waals surface area contributed by atoms with E-state index in [0.717, 1.165) is 14.4 Å². The number of rotatable bonds is 4. The van der Waals surface area contributed by atoms with E-state index >= 15 is 0 Å². The van der Waals surface area contributed by atoms with Gasteiger partial charge < -0.3 is 10.5 Å². The number of nitrogens with zero attached hydrogens (tertiary/aromatic N) is 1. The molecule has 0 fully saturated rings. The number of anilines is 1. The highest BCUT2D eigenvalue weighted by atomic mass is 79.9. The second-order valence-electron chi connectivity index (χ2n) is 3.86. The van der Waals surface area contributed by atoms with Crippen molar-refractivity contribution in [3.63, 3.8) is 0 Å². The van der Waals surface area contributed by atoms with Crippen LogP contribution in [-0.2, 0) is 4.74 Å². The number of halogens is 1. The maximum absolute atomic E-state index is 11.8. The Morgan fingerprint density at radius 3 is 2.95 bits per heavy atom. The van der Waals surface area contributed by atoms with Crippen LogP contribution >= 0.6 is 27.7 Å². The van der Waals surface area contributed by atoms with E-state index in [0.29, 0.717) is 17.9 Å². The van der Waals surface area contributed by atoms with E-state index in [9.17, 15) is 4.79 Å². The van der Waals surface area contributed by atoms with Gasteiger partial charge in [0.15, 0.2) is 0 Å².